The molecule has 43 heavy (non-hydrogen) atoms. The highest BCUT2D eigenvalue weighted by molar-refractivity contribution is 6.39. The van der Waals surface area contributed by atoms with Gasteiger partial charge in [0.2, 0.25) is 0 Å². The van der Waals surface area contributed by atoms with Crippen molar-refractivity contribution in [1.82, 2.24) is 14.9 Å². The Hall–Kier alpha value is -3.04. The molecule has 2 aliphatic carbocycles. The molecule has 4 aromatic rings. The van der Waals surface area contributed by atoms with Gasteiger partial charge in [-0.15, -0.1) is 0 Å². The van der Waals surface area contributed by atoms with Gasteiger partial charge >= 0.3 is 5.97 Å². The Labute approximate surface area is 264 Å². The van der Waals surface area contributed by atoms with E-state index in [-0.39, 0.29) is 24.3 Å². The molecular weight excluding hydrogens is 613 g/mol. The summed E-state index contributed by atoms with van der Waals surface area (Å²) in [6.45, 7) is 4.15. The van der Waals surface area contributed by atoms with E-state index < -0.39 is 11.6 Å². The first-order chi connectivity index (χ1) is 20.6. The lowest BCUT2D eigenvalue weighted by Gasteiger charge is -2.37. The van der Waals surface area contributed by atoms with Gasteiger partial charge in [0.1, 0.15) is 23.8 Å². The minimum Gasteiger partial charge on any atom is -0.489 e. The van der Waals surface area contributed by atoms with Crippen LogP contribution in [0.5, 0.6) is 5.75 Å². The molecule has 0 radical (unpaired) electrons. The third-order valence-electron chi connectivity index (χ3n) is 8.50. The van der Waals surface area contributed by atoms with Gasteiger partial charge in [-0.25, -0.2) is 4.79 Å². The maximum absolute atomic E-state index is 11.7. The quantitative estimate of drug-likeness (QED) is 0.187. The second kappa shape index (κ2) is 11.8. The van der Waals surface area contributed by atoms with Gasteiger partial charge in [-0.1, -0.05) is 52.1 Å². The summed E-state index contributed by atoms with van der Waals surface area (Å²) >= 11 is 19.7. The SMILES string of the molecule is CC(C)n1nc(C(=O)O)cc1[C@H]1CC[C@](O)(c2ccc(OCc3c(-c4c(Cl)cccc4Cl)noc3C3CC3)cc2Cl)CC1. The largest absolute Gasteiger partial charge is 0.489 e. The lowest BCUT2D eigenvalue weighted by Crippen LogP contribution is -2.32. The Morgan fingerprint density at radius 2 is 1.74 bits per heavy atom. The molecular formula is C32H32Cl3N3O5. The number of hydrogen-bond donors (Lipinski definition) is 2. The van der Waals surface area contributed by atoms with E-state index in [1.165, 1.54) is 0 Å². The zero-order chi connectivity index (χ0) is 30.5. The van der Waals surface area contributed by atoms with Gasteiger partial charge in [0.05, 0.1) is 26.2 Å². The summed E-state index contributed by atoms with van der Waals surface area (Å²) < 4.78 is 13.7. The number of nitrogens with zero attached hydrogens (tertiary/aromatic N) is 3. The van der Waals surface area contributed by atoms with E-state index in [1.54, 1.807) is 35.0 Å². The van der Waals surface area contributed by atoms with Gasteiger partial charge in [-0.3, -0.25) is 4.68 Å². The molecule has 11 heteroatoms. The minimum atomic E-state index is -1.11. The number of carboxylic acids is 1. The van der Waals surface area contributed by atoms with Crippen molar-refractivity contribution in [2.24, 2.45) is 0 Å². The fraction of sp³-hybridized carbons (Fsp3) is 0.406. The molecule has 226 valence electrons. The van der Waals surface area contributed by atoms with Crippen LogP contribution < -0.4 is 4.74 Å². The lowest BCUT2D eigenvalue weighted by atomic mass is 9.74. The Balaban J connectivity index is 1.18. The molecule has 0 unspecified atom stereocenters. The van der Waals surface area contributed by atoms with E-state index in [1.807, 2.05) is 26.0 Å². The van der Waals surface area contributed by atoms with Crippen LogP contribution in [0.4, 0.5) is 0 Å². The highest BCUT2D eigenvalue weighted by Gasteiger charge is 2.38. The summed E-state index contributed by atoms with van der Waals surface area (Å²) in [6.07, 6.45) is 4.37. The number of benzene rings is 2. The summed E-state index contributed by atoms with van der Waals surface area (Å²) in [5, 5.41) is 31.1. The predicted molar refractivity (Wildman–Crippen MR) is 164 cm³/mol. The van der Waals surface area contributed by atoms with Gasteiger partial charge in [-0.2, -0.15) is 5.10 Å². The summed E-state index contributed by atoms with van der Waals surface area (Å²) in [6, 6.07) is 12.4. The Morgan fingerprint density at radius 3 is 2.35 bits per heavy atom. The van der Waals surface area contributed by atoms with E-state index in [9.17, 15) is 15.0 Å². The summed E-state index contributed by atoms with van der Waals surface area (Å²) in [4.78, 5) is 11.5. The first-order valence-electron chi connectivity index (χ1n) is 14.5. The number of carboxylic acid groups (broad SMARTS) is 1. The number of carbonyl (C=O) groups is 1. The van der Waals surface area contributed by atoms with Crippen LogP contribution in [0.1, 0.15) is 103 Å². The fourth-order valence-corrected chi connectivity index (χ4v) is 6.98. The van der Waals surface area contributed by atoms with Gasteiger partial charge in [0, 0.05) is 34.7 Å². The smallest absolute Gasteiger partial charge is 0.356 e. The molecule has 2 aromatic carbocycles. The summed E-state index contributed by atoms with van der Waals surface area (Å²) in [7, 11) is 0. The Morgan fingerprint density at radius 1 is 1.05 bits per heavy atom. The Kier molecular flexibility index (Phi) is 8.24. The van der Waals surface area contributed by atoms with Crippen molar-refractivity contribution in [2.75, 3.05) is 0 Å². The van der Waals surface area contributed by atoms with Crippen LogP contribution in [0, 0.1) is 0 Å². The lowest BCUT2D eigenvalue weighted by molar-refractivity contribution is -0.00634. The standard InChI is InChI=1S/C32H32Cl3N3O5/c1-17(2)38-27(15-26(36-38)31(39)40)18-10-12-32(41,13-11-18)22-9-8-20(14-25(22)35)42-16-21-29(37-43-30(21)19-6-7-19)28-23(33)4-3-5-24(28)34/h3-5,8-9,14-15,17-19,41H,6-7,10-13,16H2,1-2H3,(H,39,40)/t18-,32+. The molecule has 6 rings (SSSR count). The van der Waals surface area contributed by atoms with Crippen LogP contribution in [-0.4, -0.2) is 31.1 Å². The van der Waals surface area contributed by atoms with Crippen LogP contribution in [0.3, 0.4) is 0 Å². The summed E-state index contributed by atoms with van der Waals surface area (Å²) in [5.41, 5.74) is 2.47. The molecule has 0 saturated heterocycles. The zero-order valence-corrected chi connectivity index (χ0v) is 26.1. The van der Waals surface area contributed by atoms with Gasteiger partial charge in [-0.05, 0) is 82.7 Å². The van der Waals surface area contributed by atoms with E-state index in [0.29, 0.717) is 69.2 Å². The van der Waals surface area contributed by atoms with Crippen molar-refractivity contribution < 1.29 is 24.3 Å². The van der Waals surface area contributed by atoms with E-state index in [4.69, 9.17) is 44.1 Å². The average Bonchev–Trinajstić information content (AvgIpc) is 3.56. The number of aromatic carboxylic acids is 1. The fourth-order valence-electron chi connectivity index (χ4n) is 6.06. The van der Waals surface area contributed by atoms with Crippen molar-refractivity contribution in [2.45, 2.75) is 82.5 Å². The molecule has 0 aliphatic heterocycles. The number of halogens is 3. The molecule has 8 nitrogen and oxygen atoms in total. The normalized spacial score (nSPS) is 20.5. The Bertz CT molecular complexity index is 1650. The second-order valence-corrected chi connectivity index (χ2v) is 13.0. The topological polar surface area (TPSA) is 111 Å². The molecule has 2 fully saturated rings. The van der Waals surface area contributed by atoms with E-state index in [0.717, 1.165) is 29.9 Å². The van der Waals surface area contributed by atoms with Crippen LogP contribution >= 0.6 is 34.8 Å². The molecule has 2 N–H and O–H groups in total. The first-order valence-corrected chi connectivity index (χ1v) is 15.6. The van der Waals surface area contributed by atoms with E-state index >= 15 is 0 Å². The predicted octanol–water partition coefficient (Wildman–Crippen LogP) is 8.78. The number of hydrogen-bond acceptors (Lipinski definition) is 6. The first kappa shape index (κ1) is 30.0. The summed E-state index contributed by atoms with van der Waals surface area (Å²) in [5.74, 6) is 0.682. The molecule has 0 bridgehead atoms. The molecule has 2 saturated carbocycles. The van der Waals surface area contributed by atoms with Crippen LogP contribution in [0.25, 0.3) is 11.3 Å². The number of rotatable bonds is 9. The van der Waals surface area contributed by atoms with E-state index in [2.05, 4.69) is 10.3 Å². The van der Waals surface area contributed by atoms with Crippen LogP contribution in [-0.2, 0) is 12.2 Å². The third-order valence-corrected chi connectivity index (χ3v) is 9.44. The van der Waals surface area contributed by atoms with Crippen LogP contribution in [0.15, 0.2) is 47.0 Å². The number of aliphatic hydroxyl groups is 1. The maximum Gasteiger partial charge on any atom is 0.356 e. The number of ether oxygens (including phenoxy) is 1. The highest BCUT2D eigenvalue weighted by atomic mass is 35.5. The maximum atomic E-state index is 11.7. The van der Waals surface area contributed by atoms with Gasteiger partial charge in [0.15, 0.2) is 5.69 Å². The monoisotopic (exact) mass is 643 g/mol. The van der Waals surface area contributed by atoms with Gasteiger partial charge < -0.3 is 19.5 Å². The van der Waals surface area contributed by atoms with Crippen molar-refractivity contribution in [3.63, 3.8) is 0 Å². The van der Waals surface area contributed by atoms with Crippen molar-refractivity contribution in [1.29, 1.82) is 0 Å². The molecule has 2 aromatic heterocycles. The molecule has 0 amide bonds. The number of aromatic nitrogens is 3. The molecule has 2 aliphatic rings. The highest BCUT2D eigenvalue weighted by Crippen LogP contribution is 2.48. The van der Waals surface area contributed by atoms with Crippen molar-refractivity contribution >= 4 is 40.8 Å². The molecule has 2 heterocycles. The molecule has 0 atom stereocenters. The minimum absolute atomic E-state index is 0.0295. The van der Waals surface area contributed by atoms with Gasteiger partial charge in [0.25, 0.3) is 0 Å². The van der Waals surface area contributed by atoms with Crippen molar-refractivity contribution in [3.05, 3.63) is 85.8 Å². The third kappa shape index (κ3) is 5.90. The molecule has 0 spiro atoms. The van der Waals surface area contributed by atoms with Crippen LogP contribution in [0.2, 0.25) is 15.1 Å². The second-order valence-electron chi connectivity index (χ2n) is 11.8. The zero-order valence-electron chi connectivity index (χ0n) is 23.8. The van der Waals surface area contributed by atoms with Crippen molar-refractivity contribution in [3.8, 4) is 17.0 Å². The average molecular weight is 645 g/mol.